The summed E-state index contributed by atoms with van der Waals surface area (Å²) in [6, 6.07) is -0.590. The number of likely N-dealkylation sites (N-methyl/N-ethyl adjacent to an activating group) is 1. The van der Waals surface area contributed by atoms with E-state index in [0.29, 0.717) is 12.1 Å². The zero-order valence-corrected chi connectivity index (χ0v) is 12.0. The molecule has 0 aromatic heterocycles. The first kappa shape index (κ1) is 17.3. The Morgan fingerprint density at radius 2 is 2.00 bits per heavy atom. The lowest BCUT2D eigenvalue weighted by Gasteiger charge is -2.30. The van der Waals surface area contributed by atoms with Gasteiger partial charge < -0.3 is 14.9 Å². The molecule has 8 heteroatoms. The smallest absolute Gasteiger partial charge is 0.406 e. The molecule has 0 aliphatic carbocycles. The number of carboxylic acid groups (broad SMARTS) is 1. The number of hydrogen-bond acceptors (Lipinski definition) is 2. The molecular formula is C13H19F3N2O3. The van der Waals surface area contributed by atoms with Crippen molar-refractivity contribution in [2.75, 3.05) is 26.2 Å². The molecule has 0 bridgehead atoms. The van der Waals surface area contributed by atoms with Crippen molar-refractivity contribution in [1.29, 1.82) is 0 Å². The van der Waals surface area contributed by atoms with Crippen LogP contribution >= 0.6 is 0 Å². The number of carboxylic acids is 1. The van der Waals surface area contributed by atoms with Gasteiger partial charge in [0.15, 0.2) is 5.41 Å². The van der Waals surface area contributed by atoms with Gasteiger partial charge in [-0.25, -0.2) is 4.79 Å². The van der Waals surface area contributed by atoms with E-state index in [1.807, 2.05) is 0 Å². The summed E-state index contributed by atoms with van der Waals surface area (Å²) in [6.45, 7) is 6.54. The van der Waals surface area contributed by atoms with Gasteiger partial charge in [-0.1, -0.05) is 12.2 Å². The Morgan fingerprint density at radius 3 is 2.33 bits per heavy atom. The number of aliphatic carboxylic acids is 1. The van der Waals surface area contributed by atoms with Gasteiger partial charge in [-0.15, -0.1) is 0 Å². The molecule has 0 radical (unpaired) electrons. The molecule has 1 saturated heterocycles. The van der Waals surface area contributed by atoms with Gasteiger partial charge in [-0.2, -0.15) is 13.2 Å². The van der Waals surface area contributed by atoms with E-state index in [1.54, 1.807) is 13.8 Å². The van der Waals surface area contributed by atoms with Crippen LogP contribution in [0.2, 0.25) is 0 Å². The third-order valence-electron chi connectivity index (χ3n) is 3.60. The van der Waals surface area contributed by atoms with Gasteiger partial charge in [0.1, 0.15) is 0 Å². The van der Waals surface area contributed by atoms with Crippen LogP contribution in [0.3, 0.4) is 0 Å². The second-order valence-electron chi connectivity index (χ2n) is 5.31. The van der Waals surface area contributed by atoms with Crippen LogP contribution in [0.25, 0.3) is 0 Å². The SMILES string of the molecule is C=C(C)CN(CC)C(=O)N1CCC(C(=O)O)(C(F)(F)F)C1. The molecule has 21 heavy (non-hydrogen) atoms. The first-order valence-electron chi connectivity index (χ1n) is 6.53. The number of urea groups is 1. The number of hydrogen-bond donors (Lipinski definition) is 1. The summed E-state index contributed by atoms with van der Waals surface area (Å²) in [5, 5.41) is 8.95. The maximum atomic E-state index is 13.1. The zero-order chi connectivity index (χ0) is 16.4. The van der Waals surface area contributed by atoms with Crippen LogP contribution in [0, 0.1) is 5.41 Å². The van der Waals surface area contributed by atoms with E-state index in [9.17, 15) is 22.8 Å². The average molecular weight is 308 g/mol. The summed E-state index contributed by atoms with van der Waals surface area (Å²) in [5.41, 5.74) is -2.17. The van der Waals surface area contributed by atoms with Crippen LogP contribution in [0.5, 0.6) is 0 Å². The number of rotatable bonds is 4. The molecule has 1 atom stereocenters. The van der Waals surface area contributed by atoms with Crippen molar-refractivity contribution in [1.82, 2.24) is 9.80 Å². The Morgan fingerprint density at radius 1 is 1.43 bits per heavy atom. The molecule has 1 unspecified atom stereocenters. The summed E-state index contributed by atoms with van der Waals surface area (Å²) in [6.07, 6.45) is -5.51. The van der Waals surface area contributed by atoms with E-state index >= 15 is 0 Å². The van der Waals surface area contributed by atoms with Gasteiger partial charge >= 0.3 is 18.2 Å². The van der Waals surface area contributed by atoms with Crippen molar-refractivity contribution in [2.24, 2.45) is 5.41 Å². The summed E-state index contributed by atoms with van der Waals surface area (Å²) in [5.74, 6) is -1.94. The molecular weight excluding hydrogens is 289 g/mol. The maximum Gasteiger partial charge on any atom is 0.406 e. The lowest BCUT2D eigenvalue weighted by molar-refractivity contribution is -0.227. The van der Waals surface area contributed by atoms with Gasteiger partial charge in [0.2, 0.25) is 0 Å². The van der Waals surface area contributed by atoms with Crippen molar-refractivity contribution in [3.63, 3.8) is 0 Å². The Bertz CT molecular complexity index is 450. The van der Waals surface area contributed by atoms with Crippen LogP contribution in [-0.2, 0) is 4.79 Å². The number of carbonyl (C=O) groups is 2. The molecule has 0 aromatic rings. The fraction of sp³-hybridized carbons (Fsp3) is 0.692. The zero-order valence-electron chi connectivity index (χ0n) is 12.0. The predicted octanol–water partition coefficient (Wildman–Crippen LogP) is 2.34. The quantitative estimate of drug-likeness (QED) is 0.811. The molecule has 1 N–H and O–H groups in total. The van der Waals surface area contributed by atoms with Gasteiger partial charge in [0.05, 0.1) is 0 Å². The van der Waals surface area contributed by atoms with E-state index in [2.05, 4.69) is 6.58 Å². The maximum absolute atomic E-state index is 13.1. The first-order chi connectivity index (χ1) is 9.55. The summed E-state index contributed by atoms with van der Waals surface area (Å²) in [7, 11) is 0. The minimum Gasteiger partial charge on any atom is -0.481 e. The van der Waals surface area contributed by atoms with Crippen molar-refractivity contribution < 1.29 is 27.9 Å². The van der Waals surface area contributed by atoms with Crippen molar-refractivity contribution in [3.8, 4) is 0 Å². The average Bonchev–Trinajstić information content (AvgIpc) is 2.80. The lowest BCUT2D eigenvalue weighted by atomic mass is 9.86. The Balaban J connectivity index is 2.92. The van der Waals surface area contributed by atoms with E-state index in [0.717, 1.165) is 4.90 Å². The Hall–Kier alpha value is -1.73. The number of halogens is 3. The number of carbonyl (C=O) groups excluding carboxylic acids is 1. The van der Waals surface area contributed by atoms with Gasteiger partial charge in [-0.05, 0) is 20.3 Å². The topological polar surface area (TPSA) is 60.9 Å². The van der Waals surface area contributed by atoms with E-state index in [4.69, 9.17) is 5.11 Å². The molecule has 1 aliphatic rings. The van der Waals surface area contributed by atoms with Crippen LogP contribution < -0.4 is 0 Å². The molecule has 0 aromatic carbocycles. The van der Waals surface area contributed by atoms with Gasteiger partial charge in [-0.3, -0.25) is 4.79 Å². The second kappa shape index (κ2) is 5.95. The highest BCUT2D eigenvalue weighted by Crippen LogP contribution is 2.45. The van der Waals surface area contributed by atoms with Gasteiger partial charge in [0.25, 0.3) is 0 Å². The van der Waals surface area contributed by atoms with Crippen LogP contribution in [-0.4, -0.2) is 59.3 Å². The molecule has 0 saturated carbocycles. The third-order valence-corrected chi connectivity index (χ3v) is 3.60. The van der Waals surface area contributed by atoms with Crippen LogP contribution in [0.4, 0.5) is 18.0 Å². The minimum atomic E-state index is -4.89. The molecule has 120 valence electrons. The highest BCUT2D eigenvalue weighted by Gasteiger charge is 2.64. The van der Waals surface area contributed by atoms with Crippen LogP contribution in [0.15, 0.2) is 12.2 Å². The highest BCUT2D eigenvalue weighted by atomic mass is 19.4. The van der Waals surface area contributed by atoms with Crippen molar-refractivity contribution in [2.45, 2.75) is 26.4 Å². The molecule has 0 spiro atoms. The molecule has 1 fully saturated rings. The predicted molar refractivity (Wildman–Crippen MR) is 69.8 cm³/mol. The number of likely N-dealkylation sites (tertiary alicyclic amines) is 1. The third kappa shape index (κ3) is 3.30. The van der Waals surface area contributed by atoms with Crippen molar-refractivity contribution >= 4 is 12.0 Å². The summed E-state index contributed by atoms with van der Waals surface area (Å²) in [4.78, 5) is 25.6. The molecule has 5 nitrogen and oxygen atoms in total. The standard InChI is InChI=1S/C13H19F3N2O3/c1-4-17(7-9(2)3)11(21)18-6-5-12(8-18,10(19)20)13(14,15)16/h2,4-8H2,1,3H3,(H,19,20). The summed E-state index contributed by atoms with van der Waals surface area (Å²) >= 11 is 0. The molecule has 1 heterocycles. The fourth-order valence-electron chi connectivity index (χ4n) is 2.34. The van der Waals surface area contributed by atoms with Gasteiger partial charge in [0, 0.05) is 26.2 Å². The fourth-order valence-corrected chi connectivity index (χ4v) is 2.34. The normalized spacial score (nSPS) is 22.2. The Kier molecular flexibility index (Phi) is 4.91. The number of amides is 2. The van der Waals surface area contributed by atoms with E-state index in [-0.39, 0.29) is 13.1 Å². The molecule has 1 aliphatic heterocycles. The second-order valence-corrected chi connectivity index (χ2v) is 5.31. The Labute approximate surface area is 121 Å². The molecule has 1 rings (SSSR count). The number of nitrogens with zero attached hydrogens (tertiary/aromatic N) is 2. The largest absolute Gasteiger partial charge is 0.481 e. The lowest BCUT2D eigenvalue weighted by Crippen LogP contribution is -2.49. The van der Waals surface area contributed by atoms with Crippen LogP contribution in [0.1, 0.15) is 20.3 Å². The van der Waals surface area contributed by atoms with E-state index < -0.39 is 36.6 Å². The summed E-state index contributed by atoms with van der Waals surface area (Å²) < 4.78 is 39.2. The monoisotopic (exact) mass is 308 g/mol. The van der Waals surface area contributed by atoms with Crippen molar-refractivity contribution in [3.05, 3.63) is 12.2 Å². The first-order valence-corrected chi connectivity index (χ1v) is 6.53. The minimum absolute atomic E-state index is 0.225. The highest BCUT2D eigenvalue weighted by molar-refractivity contribution is 5.80. The number of alkyl halides is 3. The van der Waals surface area contributed by atoms with E-state index in [1.165, 1.54) is 4.90 Å². The molecule has 2 amide bonds.